The topological polar surface area (TPSA) is 51.5 Å². The van der Waals surface area contributed by atoms with Crippen LogP contribution in [0.4, 0.5) is 0 Å². The zero-order valence-corrected chi connectivity index (χ0v) is 19.7. The monoisotopic (exact) mass is 463 g/mol. The van der Waals surface area contributed by atoms with Gasteiger partial charge >= 0.3 is 0 Å². The number of aryl methyl sites for hydroxylation is 3. The average Bonchev–Trinajstić information content (AvgIpc) is 2.89. The SMILES string of the molecule is O=c1c2ccccc2n(CCCc2ccccc2)c2cc(OCCCc3ccccc3)cc(O)c12. The Hall–Kier alpha value is -4.05. The van der Waals surface area contributed by atoms with Crippen LogP contribution in [0, 0.1) is 0 Å². The number of ether oxygens (including phenoxy) is 1. The summed E-state index contributed by atoms with van der Waals surface area (Å²) in [5.41, 5.74) is 3.99. The molecule has 0 amide bonds. The molecular formula is C31H29NO3. The van der Waals surface area contributed by atoms with Crippen molar-refractivity contribution in [1.82, 2.24) is 4.57 Å². The van der Waals surface area contributed by atoms with Crippen molar-refractivity contribution < 1.29 is 9.84 Å². The van der Waals surface area contributed by atoms with E-state index in [2.05, 4.69) is 41.0 Å². The zero-order valence-electron chi connectivity index (χ0n) is 19.7. The molecule has 0 bridgehead atoms. The Morgan fingerprint density at radius 1 is 0.714 bits per heavy atom. The van der Waals surface area contributed by atoms with E-state index >= 15 is 0 Å². The Balaban J connectivity index is 1.44. The third-order valence-corrected chi connectivity index (χ3v) is 6.44. The molecule has 0 saturated carbocycles. The summed E-state index contributed by atoms with van der Waals surface area (Å²) in [5, 5.41) is 11.8. The van der Waals surface area contributed by atoms with Gasteiger partial charge in [-0.05, 0) is 48.9 Å². The van der Waals surface area contributed by atoms with Crippen LogP contribution >= 0.6 is 0 Å². The Bertz CT molecular complexity index is 1490. The third-order valence-electron chi connectivity index (χ3n) is 6.44. The molecule has 0 atom stereocenters. The number of para-hydroxylation sites is 1. The molecule has 0 aliphatic rings. The molecule has 4 nitrogen and oxygen atoms in total. The summed E-state index contributed by atoms with van der Waals surface area (Å²) in [7, 11) is 0. The molecule has 0 fully saturated rings. The van der Waals surface area contributed by atoms with E-state index < -0.39 is 0 Å². The van der Waals surface area contributed by atoms with Gasteiger partial charge in [-0.2, -0.15) is 0 Å². The van der Waals surface area contributed by atoms with Gasteiger partial charge in [0.15, 0.2) is 0 Å². The highest BCUT2D eigenvalue weighted by molar-refractivity contribution is 5.97. The summed E-state index contributed by atoms with van der Waals surface area (Å²) in [6.45, 7) is 1.26. The number of rotatable bonds is 9. The first-order valence-electron chi connectivity index (χ1n) is 12.2. The van der Waals surface area contributed by atoms with Crippen molar-refractivity contribution in [2.24, 2.45) is 0 Å². The van der Waals surface area contributed by atoms with E-state index in [-0.39, 0.29) is 11.2 Å². The quantitative estimate of drug-likeness (QED) is 0.200. The molecule has 0 saturated heterocycles. The Kier molecular flexibility index (Phi) is 6.80. The van der Waals surface area contributed by atoms with Crippen LogP contribution in [0.15, 0.2) is 102 Å². The Morgan fingerprint density at radius 3 is 2.06 bits per heavy atom. The number of pyridine rings is 1. The standard InChI is InChI=1S/C31H29NO3/c33-29-22-25(35-20-10-16-24-13-5-2-6-14-24)21-28-30(29)31(34)26-17-7-8-18-27(26)32(28)19-9-15-23-11-3-1-4-12-23/h1-8,11-14,17-18,21-22,33H,9-10,15-16,19-20H2. The smallest absolute Gasteiger partial charge is 0.200 e. The number of phenolic OH excluding ortho intramolecular Hbond substituents is 1. The van der Waals surface area contributed by atoms with Crippen LogP contribution < -0.4 is 10.2 Å². The molecule has 0 aliphatic carbocycles. The molecule has 0 spiro atoms. The van der Waals surface area contributed by atoms with Gasteiger partial charge in [0.1, 0.15) is 11.5 Å². The largest absolute Gasteiger partial charge is 0.507 e. The summed E-state index contributed by atoms with van der Waals surface area (Å²) < 4.78 is 8.17. The van der Waals surface area contributed by atoms with Crippen LogP contribution in [0.5, 0.6) is 11.5 Å². The van der Waals surface area contributed by atoms with Gasteiger partial charge in [0, 0.05) is 24.1 Å². The van der Waals surface area contributed by atoms with Crippen LogP contribution in [-0.4, -0.2) is 16.3 Å². The van der Waals surface area contributed by atoms with Crippen molar-refractivity contribution in [1.29, 1.82) is 0 Å². The summed E-state index contributed by atoms with van der Waals surface area (Å²) in [5.74, 6) is 0.544. The predicted octanol–water partition coefficient (Wildman–Crippen LogP) is 6.50. The first-order valence-corrected chi connectivity index (χ1v) is 12.2. The fraction of sp³-hybridized carbons (Fsp3) is 0.194. The van der Waals surface area contributed by atoms with Gasteiger partial charge in [-0.25, -0.2) is 0 Å². The highest BCUT2D eigenvalue weighted by atomic mass is 16.5. The van der Waals surface area contributed by atoms with Crippen LogP contribution in [0.3, 0.4) is 0 Å². The minimum atomic E-state index is -0.150. The maximum absolute atomic E-state index is 13.3. The minimum absolute atomic E-state index is 0.0341. The normalized spacial score (nSPS) is 11.2. The molecule has 176 valence electrons. The van der Waals surface area contributed by atoms with Crippen LogP contribution in [0.25, 0.3) is 21.8 Å². The molecule has 0 unspecified atom stereocenters. The van der Waals surface area contributed by atoms with Gasteiger partial charge in [0.05, 0.1) is 23.0 Å². The number of hydrogen-bond acceptors (Lipinski definition) is 3. The molecule has 35 heavy (non-hydrogen) atoms. The van der Waals surface area contributed by atoms with Crippen molar-refractivity contribution in [3.8, 4) is 11.5 Å². The lowest BCUT2D eigenvalue weighted by Crippen LogP contribution is -2.13. The molecule has 0 radical (unpaired) electrons. The molecule has 4 aromatic carbocycles. The number of benzene rings is 4. The van der Waals surface area contributed by atoms with Crippen LogP contribution in [0.1, 0.15) is 24.0 Å². The summed E-state index contributed by atoms with van der Waals surface area (Å²) in [6.07, 6.45) is 3.64. The van der Waals surface area contributed by atoms with E-state index in [1.54, 1.807) is 6.07 Å². The summed E-state index contributed by atoms with van der Waals surface area (Å²) >= 11 is 0. The average molecular weight is 464 g/mol. The first-order chi connectivity index (χ1) is 17.2. The number of phenols is 1. The first kappa shape index (κ1) is 22.7. The Morgan fingerprint density at radius 2 is 1.34 bits per heavy atom. The lowest BCUT2D eigenvalue weighted by Gasteiger charge is -2.17. The molecule has 1 N–H and O–H groups in total. The van der Waals surface area contributed by atoms with E-state index in [9.17, 15) is 9.90 Å². The molecule has 0 aliphatic heterocycles. The fourth-order valence-corrected chi connectivity index (χ4v) is 4.72. The molecule has 1 heterocycles. The van der Waals surface area contributed by atoms with Gasteiger partial charge in [-0.3, -0.25) is 4.79 Å². The minimum Gasteiger partial charge on any atom is -0.507 e. The maximum atomic E-state index is 13.3. The van der Waals surface area contributed by atoms with Gasteiger partial charge in [-0.1, -0.05) is 72.8 Å². The molecule has 5 aromatic rings. The van der Waals surface area contributed by atoms with Crippen molar-refractivity contribution in [3.05, 3.63) is 118 Å². The number of hydrogen-bond donors (Lipinski definition) is 1. The van der Waals surface area contributed by atoms with Gasteiger partial charge < -0.3 is 14.4 Å². The van der Waals surface area contributed by atoms with E-state index in [0.717, 1.165) is 37.7 Å². The summed E-state index contributed by atoms with van der Waals surface area (Å²) in [6, 6.07) is 31.8. The number of nitrogens with zero attached hydrogens (tertiary/aromatic N) is 1. The lowest BCUT2D eigenvalue weighted by atomic mass is 10.1. The lowest BCUT2D eigenvalue weighted by molar-refractivity contribution is 0.309. The van der Waals surface area contributed by atoms with Crippen molar-refractivity contribution in [3.63, 3.8) is 0 Å². The second kappa shape index (κ2) is 10.5. The van der Waals surface area contributed by atoms with Crippen LogP contribution in [-0.2, 0) is 19.4 Å². The van der Waals surface area contributed by atoms with Gasteiger partial charge in [0.25, 0.3) is 0 Å². The number of fused-ring (bicyclic) bond motifs is 2. The molecular weight excluding hydrogens is 434 g/mol. The third kappa shape index (κ3) is 5.07. The Labute approximate surface area is 205 Å². The predicted molar refractivity (Wildman–Crippen MR) is 142 cm³/mol. The second-order valence-corrected chi connectivity index (χ2v) is 8.86. The highest BCUT2D eigenvalue weighted by Gasteiger charge is 2.15. The van der Waals surface area contributed by atoms with Gasteiger partial charge in [-0.15, -0.1) is 0 Å². The van der Waals surface area contributed by atoms with E-state index in [4.69, 9.17) is 4.74 Å². The van der Waals surface area contributed by atoms with Crippen molar-refractivity contribution in [2.45, 2.75) is 32.2 Å². The van der Waals surface area contributed by atoms with Crippen molar-refractivity contribution >= 4 is 21.8 Å². The maximum Gasteiger partial charge on any atom is 0.200 e. The van der Waals surface area contributed by atoms with Crippen LogP contribution in [0.2, 0.25) is 0 Å². The summed E-state index contributed by atoms with van der Waals surface area (Å²) in [4.78, 5) is 13.3. The van der Waals surface area contributed by atoms with E-state index in [1.807, 2.05) is 54.6 Å². The van der Waals surface area contributed by atoms with E-state index in [0.29, 0.717) is 28.6 Å². The number of aromatic hydroxyl groups is 1. The zero-order chi connectivity index (χ0) is 24.0. The van der Waals surface area contributed by atoms with Crippen molar-refractivity contribution in [2.75, 3.05) is 6.61 Å². The highest BCUT2D eigenvalue weighted by Crippen LogP contribution is 2.31. The molecule has 1 aromatic heterocycles. The van der Waals surface area contributed by atoms with Gasteiger partial charge in [0.2, 0.25) is 5.43 Å². The molecule has 4 heteroatoms. The van der Waals surface area contributed by atoms with E-state index in [1.165, 1.54) is 11.1 Å². The number of aromatic nitrogens is 1. The molecule has 5 rings (SSSR count). The fourth-order valence-electron chi connectivity index (χ4n) is 4.72. The second-order valence-electron chi connectivity index (χ2n) is 8.86.